The topological polar surface area (TPSA) is 70.9 Å². The van der Waals surface area contributed by atoms with Crippen LogP contribution in [0.5, 0.6) is 0 Å². The highest BCUT2D eigenvalue weighted by atomic mass is 16.6. The Bertz CT molecular complexity index is 493. The number of oxime groups is 1. The first-order valence-electron chi connectivity index (χ1n) is 7.51. The minimum atomic E-state index is -0.884. The van der Waals surface area contributed by atoms with E-state index in [0.717, 1.165) is 12.0 Å². The highest BCUT2D eigenvalue weighted by Gasteiger charge is 2.21. The lowest BCUT2D eigenvalue weighted by Crippen LogP contribution is -2.40. The molecular weight excluding hydrogens is 280 g/mol. The van der Waals surface area contributed by atoms with E-state index in [1.165, 1.54) is 7.11 Å². The minimum Gasteiger partial charge on any atom is -0.399 e. The summed E-state index contributed by atoms with van der Waals surface area (Å²) in [5.74, 6) is 0.337. The van der Waals surface area contributed by atoms with Crippen molar-refractivity contribution in [2.75, 3.05) is 13.7 Å². The molecule has 0 bridgehead atoms. The van der Waals surface area contributed by atoms with Crippen LogP contribution in [0.1, 0.15) is 49.5 Å². The molecule has 1 rings (SSSR count). The zero-order valence-corrected chi connectivity index (χ0v) is 13.8. The zero-order valence-electron chi connectivity index (χ0n) is 13.8. The molecule has 0 aliphatic heterocycles. The molecule has 0 spiro atoms. The third-order valence-corrected chi connectivity index (χ3v) is 3.37. The van der Waals surface area contributed by atoms with Crippen LogP contribution in [0.4, 0.5) is 0 Å². The predicted octanol–water partition coefficient (Wildman–Crippen LogP) is 2.58. The lowest BCUT2D eigenvalue weighted by molar-refractivity contribution is 0.0429. The summed E-state index contributed by atoms with van der Waals surface area (Å²) in [6, 6.07) is 7.01. The standard InChI is InChI=1S/C17H26N2O3/c1-13(2)9-10-17(3,21)12-18-16(20)15-7-5-14(6-8-15)11-19-22-4/h5-8,11,13,21H,9-10,12H2,1-4H3,(H,18,20). The van der Waals surface area contributed by atoms with E-state index in [9.17, 15) is 9.90 Å². The summed E-state index contributed by atoms with van der Waals surface area (Å²) in [5.41, 5.74) is 0.516. The molecule has 0 heterocycles. The lowest BCUT2D eigenvalue weighted by atomic mass is 9.95. The molecule has 1 aromatic rings. The van der Waals surface area contributed by atoms with Gasteiger partial charge in [0.2, 0.25) is 0 Å². The van der Waals surface area contributed by atoms with Crippen LogP contribution in [0, 0.1) is 5.92 Å². The van der Waals surface area contributed by atoms with Crippen molar-refractivity contribution < 1.29 is 14.7 Å². The number of rotatable bonds is 8. The number of nitrogens with one attached hydrogen (secondary N) is 1. The Morgan fingerprint density at radius 3 is 2.59 bits per heavy atom. The molecule has 0 aliphatic rings. The molecule has 122 valence electrons. The first-order valence-corrected chi connectivity index (χ1v) is 7.51. The van der Waals surface area contributed by atoms with E-state index < -0.39 is 5.60 Å². The Hall–Kier alpha value is -1.88. The van der Waals surface area contributed by atoms with E-state index in [-0.39, 0.29) is 12.5 Å². The maximum absolute atomic E-state index is 12.1. The van der Waals surface area contributed by atoms with Gasteiger partial charge in [-0.15, -0.1) is 0 Å². The summed E-state index contributed by atoms with van der Waals surface area (Å²) in [4.78, 5) is 16.7. The number of hydrogen-bond donors (Lipinski definition) is 2. The molecule has 0 radical (unpaired) electrons. The van der Waals surface area contributed by atoms with Crippen LogP contribution in [0.25, 0.3) is 0 Å². The zero-order chi connectivity index (χ0) is 16.6. The molecule has 5 heteroatoms. The van der Waals surface area contributed by atoms with E-state index in [0.29, 0.717) is 17.9 Å². The number of nitrogens with zero attached hydrogens (tertiary/aromatic N) is 1. The van der Waals surface area contributed by atoms with Crippen LogP contribution in [-0.2, 0) is 4.84 Å². The monoisotopic (exact) mass is 306 g/mol. The Kier molecular flexibility index (Phi) is 7.05. The van der Waals surface area contributed by atoms with Gasteiger partial charge in [0.25, 0.3) is 5.91 Å². The highest BCUT2D eigenvalue weighted by Crippen LogP contribution is 2.15. The molecule has 1 unspecified atom stereocenters. The van der Waals surface area contributed by atoms with Gasteiger partial charge in [-0.2, -0.15) is 0 Å². The fourth-order valence-corrected chi connectivity index (χ4v) is 1.89. The van der Waals surface area contributed by atoms with Gasteiger partial charge < -0.3 is 15.3 Å². The Balaban J connectivity index is 2.52. The van der Waals surface area contributed by atoms with Crippen LogP contribution >= 0.6 is 0 Å². The van der Waals surface area contributed by atoms with Crippen LogP contribution in [0.2, 0.25) is 0 Å². The second kappa shape index (κ2) is 8.54. The molecule has 2 N–H and O–H groups in total. The maximum atomic E-state index is 12.1. The first-order chi connectivity index (χ1) is 10.3. The van der Waals surface area contributed by atoms with Gasteiger partial charge >= 0.3 is 0 Å². The Labute approximate surface area is 132 Å². The number of amides is 1. The molecule has 1 amide bonds. The summed E-state index contributed by atoms with van der Waals surface area (Å²) in [7, 11) is 1.48. The summed E-state index contributed by atoms with van der Waals surface area (Å²) in [6.07, 6.45) is 3.16. The molecule has 22 heavy (non-hydrogen) atoms. The normalized spacial score (nSPS) is 14.1. The number of benzene rings is 1. The second-order valence-corrected chi connectivity index (χ2v) is 6.15. The average Bonchev–Trinajstić information content (AvgIpc) is 2.49. The second-order valence-electron chi connectivity index (χ2n) is 6.15. The van der Waals surface area contributed by atoms with E-state index in [1.807, 2.05) is 0 Å². The van der Waals surface area contributed by atoms with Crippen molar-refractivity contribution in [2.24, 2.45) is 11.1 Å². The first kappa shape index (κ1) is 18.2. The molecule has 0 saturated carbocycles. The molecule has 0 aromatic heterocycles. The van der Waals surface area contributed by atoms with Crippen molar-refractivity contribution in [3.63, 3.8) is 0 Å². The fraction of sp³-hybridized carbons (Fsp3) is 0.529. The third-order valence-electron chi connectivity index (χ3n) is 3.37. The van der Waals surface area contributed by atoms with Crippen molar-refractivity contribution in [3.05, 3.63) is 35.4 Å². The molecule has 0 fully saturated rings. The minimum absolute atomic E-state index is 0.194. The van der Waals surface area contributed by atoms with Gasteiger partial charge in [0.15, 0.2) is 0 Å². The molecular formula is C17H26N2O3. The number of carbonyl (C=O) groups is 1. The van der Waals surface area contributed by atoms with Crippen molar-refractivity contribution in [1.29, 1.82) is 0 Å². The number of hydrogen-bond acceptors (Lipinski definition) is 4. The predicted molar refractivity (Wildman–Crippen MR) is 88.1 cm³/mol. The third kappa shape index (κ3) is 6.72. The van der Waals surface area contributed by atoms with Crippen molar-refractivity contribution in [1.82, 2.24) is 5.32 Å². The highest BCUT2D eigenvalue weighted by molar-refractivity contribution is 5.95. The fourth-order valence-electron chi connectivity index (χ4n) is 1.89. The quantitative estimate of drug-likeness (QED) is 0.573. The number of aliphatic hydroxyl groups is 1. The van der Waals surface area contributed by atoms with Gasteiger partial charge in [-0.1, -0.05) is 31.1 Å². The summed E-state index contributed by atoms with van der Waals surface area (Å²) < 4.78 is 0. The van der Waals surface area contributed by atoms with Gasteiger partial charge in [0, 0.05) is 12.1 Å². The Morgan fingerprint density at radius 1 is 1.41 bits per heavy atom. The van der Waals surface area contributed by atoms with Gasteiger partial charge in [0.05, 0.1) is 11.8 Å². The summed E-state index contributed by atoms with van der Waals surface area (Å²) >= 11 is 0. The van der Waals surface area contributed by atoms with E-state index in [4.69, 9.17) is 0 Å². The van der Waals surface area contributed by atoms with Crippen molar-refractivity contribution in [2.45, 2.75) is 39.2 Å². The number of carbonyl (C=O) groups excluding carboxylic acids is 1. The van der Waals surface area contributed by atoms with E-state index in [1.54, 1.807) is 37.4 Å². The van der Waals surface area contributed by atoms with Crippen molar-refractivity contribution in [3.8, 4) is 0 Å². The van der Waals surface area contributed by atoms with Gasteiger partial charge in [-0.3, -0.25) is 4.79 Å². The van der Waals surface area contributed by atoms with E-state index >= 15 is 0 Å². The van der Waals surface area contributed by atoms with E-state index in [2.05, 4.69) is 29.2 Å². The maximum Gasteiger partial charge on any atom is 0.251 e. The molecule has 1 atom stereocenters. The van der Waals surface area contributed by atoms with Gasteiger partial charge in [-0.05, 0) is 43.4 Å². The van der Waals surface area contributed by atoms with Crippen LogP contribution < -0.4 is 5.32 Å². The SMILES string of the molecule is CON=Cc1ccc(C(=O)NCC(C)(O)CCC(C)C)cc1. The summed E-state index contributed by atoms with van der Waals surface area (Å²) in [5, 5.41) is 16.7. The van der Waals surface area contributed by atoms with Crippen molar-refractivity contribution >= 4 is 12.1 Å². The smallest absolute Gasteiger partial charge is 0.251 e. The lowest BCUT2D eigenvalue weighted by Gasteiger charge is -2.24. The Morgan fingerprint density at radius 2 is 2.05 bits per heavy atom. The molecule has 0 aliphatic carbocycles. The molecule has 1 aromatic carbocycles. The molecule has 5 nitrogen and oxygen atoms in total. The average molecular weight is 306 g/mol. The van der Waals surface area contributed by atoms with Crippen LogP contribution in [0.3, 0.4) is 0 Å². The summed E-state index contributed by atoms with van der Waals surface area (Å²) in [6.45, 7) is 6.22. The molecule has 0 saturated heterocycles. The largest absolute Gasteiger partial charge is 0.399 e. The van der Waals surface area contributed by atoms with Gasteiger partial charge in [-0.25, -0.2) is 0 Å². The van der Waals surface area contributed by atoms with Crippen LogP contribution in [0.15, 0.2) is 29.4 Å². The van der Waals surface area contributed by atoms with Crippen LogP contribution in [-0.4, -0.2) is 36.5 Å². The van der Waals surface area contributed by atoms with Gasteiger partial charge in [0.1, 0.15) is 7.11 Å².